The minimum absolute atomic E-state index is 0.427. The lowest BCUT2D eigenvalue weighted by Crippen LogP contribution is -2.29. The van der Waals surface area contributed by atoms with E-state index < -0.39 is 0 Å². The smallest absolute Gasteiger partial charge is 0.160 e. The van der Waals surface area contributed by atoms with Crippen molar-refractivity contribution in [3.63, 3.8) is 0 Å². The van der Waals surface area contributed by atoms with Gasteiger partial charge < -0.3 is 14.2 Å². The first-order chi connectivity index (χ1) is 14.1. The van der Waals surface area contributed by atoms with Gasteiger partial charge in [0.1, 0.15) is 11.4 Å². The summed E-state index contributed by atoms with van der Waals surface area (Å²) in [5.41, 5.74) is 2.16. The third kappa shape index (κ3) is 3.15. The molecule has 0 aliphatic carbocycles. The minimum Gasteiger partial charge on any atom is -0.497 e. The molecular formula is C22H26N6O. The zero-order valence-electron chi connectivity index (χ0n) is 17.1. The number of methoxy groups -OCH3 is 1. The first-order valence-corrected chi connectivity index (χ1v) is 10.0. The highest BCUT2D eigenvalue weighted by molar-refractivity contribution is 5.52. The topological polar surface area (TPSA) is 59.3 Å². The summed E-state index contributed by atoms with van der Waals surface area (Å²) in [4.78, 5) is 9.23. The molecule has 2 fully saturated rings. The second kappa shape index (κ2) is 7.15. The SMILES string of the molecule is COc1ccc([C@@H]2[C@@H]3CN(c4ccc(-c5nccn5C)nn4)C[C@@H]3CN2C)cc1. The van der Waals surface area contributed by atoms with Crippen molar-refractivity contribution in [3.05, 3.63) is 54.4 Å². The number of aromatic nitrogens is 4. The highest BCUT2D eigenvalue weighted by Gasteiger charge is 2.46. The summed E-state index contributed by atoms with van der Waals surface area (Å²) in [7, 11) is 5.91. The van der Waals surface area contributed by atoms with Gasteiger partial charge in [-0.15, -0.1) is 10.2 Å². The van der Waals surface area contributed by atoms with E-state index in [1.165, 1.54) is 5.56 Å². The Morgan fingerprint density at radius 2 is 1.79 bits per heavy atom. The molecule has 0 amide bonds. The van der Waals surface area contributed by atoms with Crippen molar-refractivity contribution >= 4 is 5.82 Å². The maximum absolute atomic E-state index is 5.32. The van der Waals surface area contributed by atoms with E-state index in [2.05, 4.69) is 62.4 Å². The Hall–Kier alpha value is -2.93. The molecule has 0 bridgehead atoms. The van der Waals surface area contributed by atoms with Gasteiger partial charge in [0.15, 0.2) is 11.6 Å². The highest BCUT2D eigenvalue weighted by atomic mass is 16.5. The molecule has 7 heteroatoms. The van der Waals surface area contributed by atoms with E-state index in [1.54, 1.807) is 13.3 Å². The lowest BCUT2D eigenvalue weighted by Gasteiger charge is -2.27. The molecular weight excluding hydrogens is 364 g/mol. The molecule has 7 nitrogen and oxygen atoms in total. The maximum Gasteiger partial charge on any atom is 0.160 e. The number of anilines is 1. The first kappa shape index (κ1) is 18.1. The number of nitrogens with zero attached hydrogens (tertiary/aromatic N) is 6. The Labute approximate surface area is 170 Å². The monoisotopic (exact) mass is 390 g/mol. The maximum atomic E-state index is 5.32. The predicted molar refractivity (Wildman–Crippen MR) is 112 cm³/mol. The standard InChI is InChI=1S/C22H26N6O/c1-26-11-10-23-22(26)19-8-9-20(25-24-19)28-13-16-12-27(2)21(18(16)14-28)15-4-6-17(29-3)7-5-15/h4-11,16,18,21H,12-14H2,1-3H3/t16-,18+,21+/m0/s1. The fourth-order valence-corrected chi connectivity index (χ4v) is 4.97. The predicted octanol–water partition coefficient (Wildman–Crippen LogP) is 2.62. The van der Waals surface area contributed by atoms with Crippen molar-refractivity contribution in [2.75, 3.05) is 38.7 Å². The number of likely N-dealkylation sites (tertiary alicyclic amines) is 1. The second-order valence-electron chi connectivity index (χ2n) is 8.13. The van der Waals surface area contributed by atoms with Crippen LogP contribution in [-0.2, 0) is 7.05 Å². The fraction of sp³-hybridized carbons (Fsp3) is 0.409. The third-order valence-electron chi connectivity index (χ3n) is 6.38. The summed E-state index contributed by atoms with van der Waals surface area (Å²) in [5, 5.41) is 8.95. The van der Waals surface area contributed by atoms with E-state index in [0.29, 0.717) is 17.9 Å². The van der Waals surface area contributed by atoms with Crippen LogP contribution in [0.1, 0.15) is 11.6 Å². The summed E-state index contributed by atoms with van der Waals surface area (Å²) >= 11 is 0. The molecule has 0 N–H and O–H groups in total. The number of hydrogen-bond acceptors (Lipinski definition) is 6. The molecule has 3 atom stereocenters. The van der Waals surface area contributed by atoms with Gasteiger partial charge in [-0.3, -0.25) is 4.90 Å². The van der Waals surface area contributed by atoms with Crippen LogP contribution in [0.3, 0.4) is 0 Å². The van der Waals surface area contributed by atoms with Crippen LogP contribution in [-0.4, -0.2) is 58.4 Å². The van der Waals surface area contributed by atoms with Gasteiger partial charge in [0.25, 0.3) is 0 Å². The number of benzene rings is 1. The van der Waals surface area contributed by atoms with Crippen LogP contribution in [0.15, 0.2) is 48.8 Å². The van der Waals surface area contributed by atoms with Crippen molar-refractivity contribution in [2.24, 2.45) is 18.9 Å². The van der Waals surface area contributed by atoms with Crippen molar-refractivity contribution in [3.8, 4) is 17.3 Å². The van der Waals surface area contributed by atoms with Gasteiger partial charge in [-0.05, 0) is 42.8 Å². The van der Waals surface area contributed by atoms with Gasteiger partial charge in [-0.25, -0.2) is 4.98 Å². The normalized spacial score (nSPS) is 24.1. The third-order valence-corrected chi connectivity index (χ3v) is 6.38. The number of aryl methyl sites for hydroxylation is 1. The molecule has 0 saturated carbocycles. The van der Waals surface area contributed by atoms with E-state index in [0.717, 1.165) is 42.7 Å². The fourth-order valence-electron chi connectivity index (χ4n) is 4.97. The van der Waals surface area contributed by atoms with E-state index in [9.17, 15) is 0 Å². The molecule has 2 aromatic heterocycles. The average Bonchev–Trinajstić information content (AvgIpc) is 3.42. The summed E-state index contributed by atoms with van der Waals surface area (Å²) in [6.07, 6.45) is 3.70. The van der Waals surface area contributed by atoms with Crippen molar-refractivity contribution in [1.82, 2.24) is 24.6 Å². The lowest BCUT2D eigenvalue weighted by atomic mass is 9.89. The zero-order valence-corrected chi connectivity index (χ0v) is 17.1. The van der Waals surface area contributed by atoms with Gasteiger partial charge in [0.05, 0.1) is 7.11 Å². The molecule has 3 aromatic rings. The molecule has 5 rings (SSSR count). The van der Waals surface area contributed by atoms with Crippen LogP contribution in [0.25, 0.3) is 11.5 Å². The Morgan fingerprint density at radius 1 is 0.966 bits per heavy atom. The van der Waals surface area contributed by atoms with Crippen LogP contribution in [0.2, 0.25) is 0 Å². The van der Waals surface area contributed by atoms with Crippen LogP contribution in [0.5, 0.6) is 5.75 Å². The minimum atomic E-state index is 0.427. The van der Waals surface area contributed by atoms with Crippen LogP contribution in [0.4, 0.5) is 5.82 Å². The molecule has 0 spiro atoms. The van der Waals surface area contributed by atoms with E-state index in [4.69, 9.17) is 4.74 Å². The molecule has 150 valence electrons. The highest BCUT2D eigenvalue weighted by Crippen LogP contribution is 2.45. The van der Waals surface area contributed by atoms with Gasteiger partial charge in [-0.2, -0.15) is 0 Å². The largest absolute Gasteiger partial charge is 0.497 e. The van der Waals surface area contributed by atoms with Crippen LogP contribution in [0, 0.1) is 11.8 Å². The van der Waals surface area contributed by atoms with Crippen molar-refractivity contribution < 1.29 is 4.74 Å². The molecule has 0 radical (unpaired) electrons. The summed E-state index contributed by atoms with van der Waals surface area (Å²) in [6, 6.07) is 13.0. The quantitative estimate of drug-likeness (QED) is 0.683. The van der Waals surface area contributed by atoms with Gasteiger partial charge in [0.2, 0.25) is 0 Å². The zero-order chi connectivity index (χ0) is 20.0. The first-order valence-electron chi connectivity index (χ1n) is 10.0. The second-order valence-corrected chi connectivity index (χ2v) is 8.13. The van der Waals surface area contributed by atoms with Gasteiger partial charge >= 0.3 is 0 Å². The number of hydrogen-bond donors (Lipinski definition) is 0. The summed E-state index contributed by atoms with van der Waals surface area (Å²) in [6.45, 7) is 3.14. The summed E-state index contributed by atoms with van der Waals surface area (Å²) in [5.74, 6) is 3.92. The van der Waals surface area contributed by atoms with Gasteiger partial charge in [-0.1, -0.05) is 12.1 Å². The molecule has 0 unspecified atom stereocenters. The van der Waals surface area contributed by atoms with Gasteiger partial charge in [0, 0.05) is 51.0 Å². The molecule has 29 heavy (non-hydrogen) atoms. The van der Waals surface area contributed by atoms with Crippen LogP contribution < -0.4 is 9.64 Å². The Kier molecular flexibility index (Phi) is 4.47. The average molecular weight is 390 g/mol. The molecule has 4 heterocycles. The number of imidazole rings is 1. The van der Waals surface area contributed by atoms with E-state index >= 15 is 0 Å². The Balaban J connectivity index is 1.34. The molecule has 2 saturated heterocycles. The molecule has 2 aliphatic heterocycles. The van der Waals surface area contributed by atoms with Crippen molar-refractivity contribution in [1.29, 1.82) is 0 Å². The number of fused-ring (bicyclic) bond motifs is 1. The number of rotatable bonds is 4. The Morgan fingerprint density at radius 3 is 2.45 bits per heavy atom. The molecule has 2 aliphatic rings. The van der Waals surface area contributed by atoms with Crippen molar-refractivity contribution in [2.45, 2.75) is 6.04 Å². The number of ether oxygens (including phenoxy) is 1. The summed E-state index contributed by atoms with van der Waals surface area (Å²) < 4.78 is 7.28. The van der Waals surface area contributed by atoms with E-state index in [-0.39, 0.29) is 0 Å². The van der Waals surface area contributed by atoms with Crippen LogP contribution >= 0.6 is 0 Å². The van der Waals surface area contributed by atoms with E-state index in [1.807, 2.05) is 23.9 Å². The lowest BCUT2D eigenvalue weighted by molar-refractivity contribution is 0.279. The molecule has 1 aromatic carbocycles. The Bertz CT molecular complexity index is 983.